The van der Waals surface area contributed by atoms with Gasteiger partial charge in [-0.05, 0) is 79.1 Å². The molecule has 6 atom stereocenters. The van der Waals surface area contributed by atoms with Crippen molar-refractivity contribution in [3.05, 3.63) is 0 Å². The fourth-order valence-electron chi connectivity index (χ4n) is 6.69. The summed E-state index contributed by atoms with van der Waals surface area (Å²) in [6.07, 6.45) is -13.0. The molecule has 2 saturated heterocycles. The number of halogens is 6. The van der Waals surface area contributed by atoms with Gasteiger partial charge in [-0.1, -0.05) is 54.4 Å². The minimum Gasteiger partial charge on any atom is -0.460 e. The molecule has 2 aliphatic rings. The third kappa shape index (κ3) is 16.9. The lowest BCUT2D eigenvalue weighted by Crippen LogP contribution is -2.48. The molecule has 0 N–H and O–H groups in total. The van der Waals surface area contributed by atoms with Crippen LogP contribution in [0.3, 0.4) is 0 Å². The lowest BCUT2D eigenvalue weighted by Gasteiger charge is -2.32. The number of alkyl halides is 6. The molecule has 0 aromatic rings. The molecule has 2 fully saturated rings. The summed E-state index contributed by atoms with van der Waals surface area (Å²) in [4.78, 5) is 78.2. The molecule has 336 valence electrons. The molecule has 0 aromatic carbocycles. The van der Waals surface area contributed by atoms with E-state index in [-0.39, 0.29) is 37.9 Å². The topological polar surface area (TPSA) is 146 Å². The number of rotatable bonds is 16. The van der Waals surface area contributed by atoms with Crippen LogP contribution in [0.1, 0.15) is 134 Å². The summed E-state index contributed by atoms with van der Waals surface area (Å²) >= 11 is 0. The molecule has 0 radical (unpaired) electrons. The van der Waals surface area contributed by atoms with E-state index in [1.807, 2.05) is 27.7 Å². The Morgan fingerprint density at radius 2 is 0.879 bits per heavy atom. The smallest absolute Gasteiger partial charge is 0.416 e. The Labute approximate surface area is 338 Å². The first-order chi connectivity index (χ1) is 26.4. The first-order valence-corrected chi connectivity index (χ1v) is 19.9. The summed E-state index contributed by atoms with van der Waals surface area (Å²) in [7, 11) is 0. The van der Waals surface area contributed by atoms with Crippen LogP contribution < -0.4 is 0 Å². The molecule has 2 aliphatic heterocycles. The van der Waals surface area contributed by atoms with Crippen LogP contribution in [-0.4, -0.2) is 94.6 Å². The SMILES string of the molecule is CCC[C@@H](C(=O)N1C(=O)OC[C@@H]1C(C)C)[C@@H](CCC(F)(F)F)C(=O)OC(C)(C)C.CCC[C@@H](C(=O)N1C(=O)OC[C@@H]1C(C)C)[C@H](CCC(F)(F)F)C(=O)OC(C)(C)C. The second-order valence-electron chi connectivity index (χ2n) is 17.6. The van der Waals surface area contributed by atoms with Crippen molar-refractivity contribution in [2.45, 2.75) is 170 Å². The van der Waals surface area contributed by atoms with Crippen LogP contribution in [-0.2, 0) is 38.1 Å². The quantitative estimate of drug-likeness (QED) is 0.0837. The number of imide groups is 2. The van der Waals surface area contributed by atoms with Crippen molar-refractivity contribution >= 4 is 35.9 Å². The molecule has 4 amide bonds. The van der Waals surface area contributed by atoms with Gasteiger partial charge in [0.15, 0.2) is 0 Å². The zero-order chi connectivity index (χ0) is 45.1. The largest absolute Gasteiger partial charge is 0.460 e. The number of cyclic esters (lactones) is 2. The normalized spacial score (nSPS) is 19.9. The van der Waals surface area contributed by atoms with Gasteiger partial charge in [-0.15, -0.1) is 0 Å². The van der Waals surface area contributed by atoms with Crippen molar-refractivity contribution in [3.63, 3.8) is 0 Å². The van der Waals surface area contributed by atoms with Crippen molar-refractivity contribution in [1.29, 1.82) is 0 Å². The number of amides is 4. The van der Waals surface area contributed by atoms with Crippen LogP contribution >= 0.6 is 0 Å². The molecule has 2 heterocycles. The molecular formula is C40H64F6N2O10. The molecule has 18 heteroatoms. The predicted octanol–water partition coefficient (Wildman–Crippen LogP) is 9.41. The number of carbonyl (C=O) groups excluding carboxylic acids is 6. The highest BCUT2D eigenvalue weighted by atomic mass is 19.4. The fraction of sp³-hybridized carbons (Fsp3) is 0.850. The van der Waals surface area contributed by atoms with Gasteiger partial charge >= 0.3 is 36.5 Å². The summed E-state index contributed by atoms with van der Waals surface area (Å²) in [6.45, 7) is 20.5. The van der Waals surface area contributed by atoms with Gasteiger partial charge in [-0.25, -0.2) is 19.4 Å². The van der Waals surface area contributed by atoms with Crippen molar-refractivity contribution in [1.82, 2.24) is 9.80 Å². The second kappa shape index (κ2) is 21.6. The summed E-state index contributed by atoms with van der Waals surface area (Å²) in [6, 6.07) is -1.03. The molecule has 0 saturated carbocycles. The molecule has 0 bridgehead atoms. The van der Waals surface area contributed by atoms with E-state index in [0.717, 1.165) is 9.80 Å². The van der Waals surface area contributed by atoms with Gasteiger partial charge in [0.2, 0.25) is 11.8 Å². The van der Waals surface area contributed by atoms with E-state index in [1.165, 1.54) is 0 Å². The van der Waals surface area contributed by atoms with E-state index < -0.39 is 121 Å². The standard InChI is InChI=1S/2C20H32F3NO5/c2*1-7-8-13(16(25)24-15(12(2)3)11-28-18(24)27)14(9-10-20(21,22)23)17(26)29-19(4,5)6/h2*12-15H,7-11H2,1-6H3/t13-,14+,15-;13-,14-,15-/m11/s1. The van der Waals surface area contributed by atoms with Crippen molar-refractivity contribution < 1.29 is 74.1 Å². The minimum atomic E-state index is -4.48. The van der Waals surface area contributed by atoms with E-state index in [2.05, 4.69) is 0 Å². The minimum absolute atomic E-state index is 0.0285. The maximum atomic E-state index is 13.2. The molecule has 0 aromatic heterocycles. The van der Waals surface area contributed by atoms with Crippen molar-refractivity contribution in [2.24, 2.45) is 35.5 Å². The van der Waals surface area contributed by atoms with Crippen LogP contribution in [0.25, 0.3) is 0 Å². The Morgan fingerprint density at radius 1 is 0.586 bits per heavy atom. The van der Waals surface area contributed by atoms with Crippen LogP contribution in [0.15, 0.2) is 0 Å². The van der Waals surface area contributed by atoms with Crippen LogP contribution in [0.2, 0.25) is 0 Å². The summed E-state index contributed by atoms with van der Waals surface area (Å²) in [5.41, 5.74) is -1.83. The molecule has 0 unspecified atom stereocenters. The Kier molecular flexibility index (Phi) is 19.5. The van der Waals surface area contributed by atoms with Gasteiger partial charge in [0.05, 0.1) is 35.8 Å². The summed E-state index contributed by atoms with van der Waals surface area (Å²) in [5, 5.41) is 0. The van der Waals surface area contributed by atoms with Crippen LogP contribution in [0, 0.1) is 35.5 Å². The van der Waals surface area contributed by atoms with Gasteiger partial charge in [0.25, 0.3) is 0 Å². The van der Waals surface area contributed by atoms with Gasteiger partial charge in [-0.3, -0.25) is 19.2 Å². The summed E-state index contributed by atoms with van der Waals surface area (Å²) < 4.78 is 97.9. The highest BCUT2D eigenvalue weighted by Gasteiger charge is 2.48. The number of hydrogen-bond acceptors (Lipinski definition) is 10. The van der Waals surface area contributed by atoms with Crippen LogP contribution in [0.4, 0.5) is 35.9 Å². The van der Waals surface area contributed by atoms with E-state index in [1.54, 1.807) is 55.4 Å². The van der Waals surface area contributed by atoms with Gasteiger partial charge in [-0.2, -0.15) is 26.3 Å². The molecule has 12 nitrogen and oxygen atoms in total. The highest BCUT2D eigenvalue weighted by molar-refractivity contribution is 5.97. The number of nitrogens with zero attached hydrogens (tertiary/aromatic N) is 2. The number of ether oxygens (including phenoxy) is 4. The maximum absolute atomic E-state index is 13.2. The van der Waals surface area contributed by atoms with E-state index in [4.69, 9.17) is 18.9 Å². The third-order valence-electron chi connectivity index (χ3n) is 9.53. The van der Waals surface area contributed by atoms with E-state index in [9.17, 15) is 55.1 Å². The molecular weight excluding hydrogens is 782 g/mol. The average molecular weight is 847 g/mol. The van der Waals surface area contributed by atoms with Crippen LogP contribution in [0.5, 0.6) is 0 Å². The third-order valence-corrected chi connectivity index (χ3v) is 9.53. The van der Waals surface area contributed by atoms with Gasteiger partial charge in [0.1, 0.15) is 24.4 Å². The zero-order valence-corrected chi connectivity index (χ0v) is 35.9. The highest BCUT2D eigenvalue weighted by Crippen LogP contribution is 2.36. The second-order valence-corrected chi connectivity index (χ2v) is 17.6. The molecule has 0 aliphatic carbocycles. The van der Waals surface area contributed by atoms with Gasteiger partial charge < -0.3 is 18.9 Å². The zero-order valence-electron chi connectivity index (χ0n) is 35.9. The van der Waals surface area contributed by atoms with Crippen molar-refractivity contribution in [2.75, 3.05) is 13.2 Å². The Bertz CT molecular complexity index is 1300. The fourth-order valence-corrected chi connectivity index (χ4v) is 6.69. The molecule has 2 rings (SSSR count). The molecule has 0 spiro atoms. The number of hydrogen-bond donors (Lipinski definition) is 0. The lowest BCUT2D eigenvalue weighted by molar-refractivity contribution is -0.170. The lowest BCUT2D eigenvalue weighted by atomic mass is 9.83. The number of carbonyl (C=O) groups is 6. The predicted molar refractivity (Wildman–Crippen MR) is 200 cm³/mol. The van der Waals surface area contributed by atoms with E-state index >= 15 is 0 Å². The van der Waals surface area contributed by atoms with Crippen molar-refractivity contribution in [3.8, 4) is 0 Å². The first kappa shape index (κ1) is 52.4. The average Bonchev–Trinajstić information content (AvgIpc) is 3.63. The monoisotopic (exact) mass is 846 g/mol. The Hall–Kier alpha value is -3.60. The van der Waals surface area contributed by atoms with E-state index in [0.29, 0.717) is 12.8 Å². The maximum Gasteiger partial charge on any atom is 0.416 e. The van der Waals surface area contributed by atoms with Gasteiger partial charge in [0, 0.05) is 12.8 Å². The molecule has 58 heavy (non-hydrogen) atoms. The summed E-state index contributed by atoms with van der Waals surface area (Å²) in [5.74, 6) is -8.05. The first-order valence-electron chi connectivity index (χ1n) is 19.9. The Morgan fingerprint density at radius 3 is 1.10 bits per heavy atom. The number of esters is 2. The Balaban J connectivity index is 0.000000580.